The molecule has 0 spiro atoms. The SMILES string of the molecule is CCCNC(=O)CCCC(=O)C(C#N)c1ccc(C(F)(F)F)cn1. The molecule has 0 radical (unpaired) electrons. The van der Waals surface area contributed by atoms with Crippen molar-refractivity contribution in [1.29, 1.82) is 5.26 Å². The number of rotatable bonds is 8. The summed E-state index contributed by atoms with van der Waals surface area (Å²) < 4.78 is 37.4. The van der Waals surface area contributed by atoms with E-state index < -0.39 is 23.4 Å². The molecule has 1 rings (SSSR count). The maximum Gasteiger partial charge on any atom is 0.417 e. The standard InChI is InChI=1S/C16H18F3N3O2/c1-2-8-21-15(24)5-3-4-14(23)12(9-20)13-7-6-11(10-22-13)16(17,18)19/h6-7,10,12H,2-5,8H2,1H3,(H,21,24). The fourth-order valence-electron chi connectivity index (χ4n) is 1.97. The van der Waals surface area contributed by atoms with Gasteiger partial charge in [-0.25, -0.2) is 0 Å². The first-order valence-corrected chi connectivity index (χ1v) is 7.51. The van der Waals surface area contributed by atoms with Crippen LogP contribution in [0.1, 0.15) is 49.8 Å². The zero-order valence-electron chi connectivity index (χ0n) is 13.2. The number of pyridine rings is 1. The summed E-state index contributed by atoms with van der Waals surface area (Å²) >= 11 is 0. The van der Waals surface area contributed by atoms with Crippen LogP contribution < -0.4 is 5.32 Å². The van der Waals surface area contributed by atoms with E-state index in [2.05, 4.69) is 10.3 Å². The highest BCUT2D eigenvalue weighted by Gasteiger charge is 2.31. The fraction of sp³-hybridized carbons (Fsp3) is 0.500. The highest BCUT2D eigenvalue weighted by Crippen LogP contribution is 2.29. The second-order valence-corrected chi connectivity index (χ2v) is 5.20. The Bertz CT molecular complexity index is 606. The van der Waals surface area contributed by atoms with E-state index in [9.17, 15) is 22.8 Å². The first-order valence-electron chi connectivity index (χ1n) is 7.51. The maximum atomic E-state index is 12.5. The molecule has 1 N–H and O–H groups in total. The lowest BCUT2D eigenvalue weighted by molar-refractivity contribution is -0.137. The van der Waals surface area contributed by atoms with Gasteiger partial charge >= 0.3 is 6.18 Å². The van der Waals surface area contributed by atoms with Crippen LogP contribution in [-0.2, 0) is 15.8 Å². The average Bonchev–Trinajstić information content (AvgIpc) is 2.53. The van der Waals surface area contributed by atoms with Gasteiger partial charge in [0, 0.05) is 25.6 Å². The molecule has 0 aliphatic rings. The zero-order chi connectivity index (χ0) is 18.2. The van der Waals surface area contributed by atoms with E-state index >= 15 is 0 Å². The van der Waals surface area contributed by atoms with Gasteiger partial charge in [0.25, 0.3) is 0 Å². The van der Waals surface area contributed by atoms with E-state index in [1.807, 2.05) is 6.92 Å². The third kappa shape index (κ3) is 5.99. The summed E-state index contributed by atoms with van der Waals surface area (Å²) in [6.07, 6.45) is -2.70. The van der Waals surface area contributed by atoms with Crippen LogP contribution in [-0.4, -0.2) is 23.2 Å². The van der Waals surface area contributed by atoms with Gasteiger partial charge in [-0.1, -0.05) is 6.92 Å². The van der Waals surface area contributed by atoms with Crippen molar-refractivity contribution in [2.24, 2.45) is 0 Å². The van der Waals surface area contributed by atoms with Crippen LogP contribution in [0.15, 0.2) is 18.3 Å². The number of halogens is 3. The molecule has 0 bridgehead atoms. The highest BCUT2D eigenvalue weighted by atomic mass is 19.4. The number of nitrogens with one attached hydrogen (secondary N) is 1. The van der Waals surface area contributed by atoms with Crippen molar-refractivity contribution in [2.75, 3.05) is 6.54 Å². The first kappa shape index (κ1) is 19.6. The van der Waals surface area contributed by atoms with Crippen molar-refractivity contribution in [3.8, 4) is 6.07 Å². The fourth-order valence-corrected chi connectivity index (χ4v) is 1.97. The van der Waals surface area contributed by atoms with Crippen molar-refractivity contribution < 1.29 is 22.8 Å². The molecule has 1 aromatic rings. The predicted octanol–water partition coefficient (Wildman–Crippen LogP) is 2.97. The molecule has 0 saturated heterocycles. The second kappa shape index (κ2) is 9.01. The number of alkyl halides is 3. The Hall–Kier alpha value is -2.43. The van der Waals surface area contributed by atoms with E-state index in [0.29, 0.717) is 12.7 Å². The molecule has 1 atom stereocenters. The second-order valence-electron chi connectivity index (χ2n) is 5.20. The molecule has 1 aromatic heterocycles. The summed E-state index contributed by atoms with van der Waals surface area (Å²) in [5.74, 6) is -1.87. The molecule has 0 aliphatic carbocycles. The van der Waals surface area contributed by atoms with Crippen LogP contribution in [0.4, 0.5) is 13.2 Å². The van der Waals surface area contributed by atoms with Gasteiger partial charge in [-0.15, -0.1) is 0 Å². The molecule has 1 heterocycles. The van der Waals surface area contributed by atoms with Crippen molar-refractivity contribution >= 4 is 11.7 Å². The normalized spacial score (nSPS) is 12.3. The van der Waals surface area contributed by atoms with Crippen molar-refractivity contribution in [1.82, 2.24) is 10.3 Å². The Morgan fingerprint density at radius 2 is 2.04 bits per heavy atom. The number of hydrogen-bond acceptors (Lipinski definition) is 4. The summed E-state index contributed by atoms with van der Waals surface area (Å²) in [4.78, 5) is 27.0. The molecular weight excluding hydrogens is 323 g/mol. The number of aromatic nitrogens is 1. The van der Waals surface area contributed by atoms with Crippen LogP contribution in [0.3, 0.4) is 0 Å². The van der Waals surface area contributed by atoms with E-state index in [-0.39, 0.29) is 30.9 Å². The van der Waals surface area contributed by atoms with Gasteiger partial charge in [-0.05, 0) is 25.0 Å². The molecule has 0 aromatic carbocycles. The number of Topliss-reactive ketones (excluding diaryl/α,β-unsaturated/α-hetero) is 1. The highest BCUT2D eigenvalue weighted by molar-refractivity contribution is 5.88. The van der Waals surface area contributed by atoms with E-state index in [1.165, 1.54) is 0 Å². The summed E-state index contributed by atoms with van der Waals surface area (Å²) in [5, 5.41) is 11.8. The molecule has 24 heavy (non-hydrogen) atoms. The molecule has 0 fully saturated rings. The molecular formula is C16H18F3N3O2. The lowest BCUT2D eigenvalue weighted by Gasteiger charge is -2.10. The smallest absolute Gasteiger partial charge is 0.356 e. The lowest BCUT2D eigenvalue weighted by Crippen LogP contribution is -2.24. The lowest BCUT2D eigenvalue weighted by atomic mass is 9.96. The number of hydrogen-bond donors (Lipinski definition) is 1. The van der Waals surface area contributed by atoms with Crippen molar-refractivity contribution in [2.45, 2.75) is 44.7 Å². The Labute approximate surface area is 137 Å². The van der Waals surface area contributed by atoms with E-state index in [1.54, 1.807) is 6.07 Å². The molecule has 0 saturated carbocycles. The number of carbonyl (C=O) groups excluding carboxylic acids is 2. The van der Waals surface area contributed by atoms with E-state index in [4.69, 9.17) is 5.26 Å². The topological polar surface area (TPSA) is 82.9 Å². The average molecular weight is 341 g/mol. The van der Waals surface area contributed by atoms with Gasteiger partial charge < -0.3 is 5.32 Å². The Balaban J connectivity index is 2.61. The number of amides is 1. The summed E-state index contributed by atoms with van der Waals surface area (Å²) in [7, 11) is 0. The van der Waals surface area contributed by atoms with Crippen LogP contribution in [0.5, 0.6) is 0 Å². The van der Waals surface area contributed by atoms with Crippen molar-refractivity contribution in [3.63, 3.8) is 0 Å². The molecule has 1 unspecified atom stereocenters. The number of carbonyl (C=O) groups is 2. The van der Waals surface area contributed by atoms with Crippen LogP contribution >= 0.6 is 0 Å². The van der Waals surface area contributed by atoms with Gasteiger partial charge in [0.15, 0.2) is 5.78 Å². The summed E-state index contributed by atoms with van der Waals surface area (Å²) in [5.41, 5.74) is -0.964. The minimum absolute atomic E-state index is 0.0134. The quantitative estimate of drug-likeness (QED) is 0.788. The Morgan fingerprint density at radius 3 is 2.54 bits per heavy atom. The van der Waals surface area contributed by atoms with E-state index in [0.717, 1.165) is 18.6 Å². The van der Waals surface area contributed by atoms with Gasteiger partial charge in [0.2, 0.25) is 5.91 Å². The Morgan fingerprint density at radius 1 is 1.33 bits per heavy atom. The Kier molecular flexibility index (Phi) is 7.36. The predicted molar refractivity (Wildman–Crippen MR) is 79.8 cm³/mol. The minimum Gasteiger partial charge on any atom is -0.356 e. The molecule has 1 amide bonds. The zero-order valence-corrected chi connectivity index (χ0v) is 13.2. The minimum atomic E-state index is -4.52. The largest absolute Gasteiger partial charge is 0.417 e. The molecule has 130 valence electrons. The van der Waals surface area contributed by atoms with Crippen LogP contribution in [0.2, 0.25) is 0 Å². The van der Waals surface area contributed by atoms with Crippen molar-refractivity contribution in [3.05, 3.63) is 29.6 Å². The summed E-state index contributed by atoms with van der Waals surface area (Å²) in [6, 6.07) is 3.58. The number of nitrogens with zero attached hydrogens (tertiary/aromatic N) is 2. The van der Waals surface area contributed by atoms with Gasteiger partial charge in [-0.2, -0.15) is 18.4 Å². The van der Waals surface area contributed by atoms with Gasteiger partial charge in [-0.3, -0.25) is 14.6 Å². The third-order valence-corrected chi connectivity index (χ3v) is 3.26. The van der Waals surface area contributed by atoms with Crippen LogP contribution in [0, 0.1) is 11.3 Å². The number of ketones is 1. The van der Waals surface area contributed by atoms with Gasteiger partial charge in [0.05, 0.1) is 17.3 Å². The third-order valence-electron chi connectivity index (χ3n) is 3.26. The maximum absolute atomic E-state index is 12.5. The first-order chi connectivity index (χ1) is 11.3. The molecule has 8 heteroatoms. The van der Waals surface area contributed by atoms with Gasteiger partial charge in [0.1, 0.15) is 5.92 Å². The monoisotopic (exact) mass is 341 g/mol. The number of nitriles is 1. The van der Waals surface area contributed by atoms with Crippen LogP contribution in [0.25, 0.3) is 0 Å². The molecule has 5 nitrogen and oxygen atoms in total. The molecule has 0 aliphatic heterocycles. The summed E-state index contributed by atoms with van der Waals surface area (Å²) in [6.45, 7) is 2.47.